The van der Waals surface area contributed by atoms with Crippen molar-refractivity contribution in [2.24, 2.45) is 0 Å². The van der Waals surface area contributed by atoms with Gasteiger partial charge >= 0.3 is 0 Å². The Hall–Kier alpha value is -2.99. The molecule has 6 heteroatoms. The minimum absolute atomic E-state index is 0.235. The maximum absolute atomic E-state index is 12.3. The molecule has 120 valence electrons. The third-order valence-electron chi connectivity index (χ3n) is 3.15. The summed E-state index contributed by atoms with van der Waals surface area (Å²) >= 11 is 1.33. The van der Waals surface area contributed by atoms with E-state index >= 15 is 0 Å². The van der Waals surface area contributed by atoms with Gasteiger partial charge in [0.05, 0.1) is 0 Å². The number of nitrogens with zero attached hydrogens (tertiary/aromatic N) is 2. The Bertz CT molecular complexity index is 829. The Morgan fingerprint density at radius 1 is 1.12 bits per heavy atom. The van der Waals surface area contributed by atoms with Crippen molar-refractivity contribution in [1.82, 2.24) is 10.2 Å². The molecule has 0 radical (unpaired) electrons. The molecular weight excluding hydrogens is 322 g/mol. The summed E-state index contributed by atoms with van der Waals surface area (Å²) in [6.07, 6.45) is 1.67. The smallest absolute Gasteiger partial charge is 0.257 e. The number of rotatable bonds is 6. The van der Waals surface area contributed by atoms with Gasteiger partial charge in [0.2, 0.25) is 5.13 Å². The molecule has 0 unspecified atom stereocenters. The van der Waals surface area contributed by atoms with Crippen molar-refractivity contribution in [3.8, 4) is 16.3 Å². The highest BCUT2D eigenvalue weighted by molar-refractivity contribution is 7.18. The molecule has 0 aliphatic heterocycles. The number of benzene rings is 2. The maximum atomic E-state index is 12.3. The lowest BCUT2D eigenvalue weighted by Crippen LogP contribution is -2.11. The summed E-state index contributed by atoms with van der Waals surface area (Å²) in [6.45, 7) is 4.02. The van der Waals surface area contributed by atoms with Crippen molar-refractivity contribution < 1.29 is 9.53 Å². The highest BCUT2D eigenvalue weighted by Crippen LogP contribution is 2.26. The molecule has 2 aromatic carbocycles. The molecule has 1 heterocycles. The molecule has 3 rings (SSSR count). The van der Waals surface area contributed by atoms with Crippen LogP contribution in [0.15, 0.2) is 67.3 Å². The quantitative estimate of drug-likeness (QED) is 0.690. The molecule has 1 aromatic heterocycles. The summed E-state index contributed by atoms with van der Waals surface area (Å²) < 4.78 is 5.39. The van der Waals surface area contributed by atoms with Crippen LogP contribution in [0.5, 0.6) is 5.75 Å². The summed E-state index contributed by atoms with van der Waals surface area (Å²) in [5.41, 5.74) is 1.50. The number of carbonyl (C=O) groups is 1. The first kappa shape index (κ1) is 15.9. The second-order valence-electron chi connectivity index (χ2n) is 4.86. The molecule has 1 amide bonds. The van der Waals surface area contributed by atoms with Crippen LogP contribution in [0.3, 0.4) is 0 Å². The van der Waals surface area contributed by atoms with Gasteiger partial charge in [0.15, 0.2) is 0 Å². The van der Waals surface area contributed by atoms with E-state index in [4.69, 9.17) is 4.74 Å². The average molecular weight is 337 g/mol. The summed E-state index contributed by atoms with van der Waals surface area (Å²) in [5, 5.41) is 12.1. The normalized spacial score (nSPS) is 10.2. The van der Waals surface area contributed by atoms with E-state index in [0.29, 0.717) is 23.1 Å². The van der Waals surface area contributed by atoms with Crippen LogP contribution in [0.2, 0.25) is 0 Å². The molecular formula is C18H15N3O2S. The third-order valence-corrected chi connectivity index (χ3v) is 4.04. The number of amides is 1. The van der Waals surface area contributed by atoms with Crippen molar-refractivity contribution in [3.05, 3.63) is 72.8 Å². The molecule has 0 atom stereocenters. The van der Waals surface area contributed by atoms with Crippen LogP contribution in [0.1, 0.15) is 10.4 Å². The lowest BCUT2D eigenvalue weighted by molar-refractivity contribution is 0.102. The van der Waals surface area contributed by atoms with E-state index in [2.05, 4.69) is 22.1 Å². The maximum Gasteiger partial charge on any atom is 0.257 e. The van der Waals surface area contributed by atoms with Gasteiger partial charge in [0.25, 0.3) is 5.91 Å². The van der Waals surface area contributed by atoms with Crippen LogP contribution in [0.4, 0.5) is 5.13 Å². The predicted octanol–water partition coefficient (Wildman–Crippen LogP) is 4.02. The van der Waals surface area contributed by atoms with Crippen LogP contribution in [-0.4, -0.2) is 22.7 Å². The van der Waals surface area contributed by atoms with Gasteiger partial charge in [-0.25, -0.2) is 0 Å². The summed E-state index contributed by atoms with van der Waals surface area (Å²) in [5.74, 6) is 0.453. The third kappa shape index (κ3) is 3.85. The Balaban J connectivity index is 1.66. The van der Waals surface area contributed by atoms with Gasteiger partial charge in [-0.2, -0.15) is 0 Å². The fourth-order valence-electron chi connectivity index (χ4n) is 2.00. The summed E-state index contributed by atoms with van der Waals surface area (Å²) in [7, 11) is 0. The SMILES string of the molecule is C=CCOc1ccc(C(=O)Nc2nnc(-c3ccccc3)s2)cc1. The largest absolute Gasteiger partial charge is 0.490 e. The highest BCUT2D eigenvalue weighted by atomic mass is 32.1. The Kier molecular flexibility index (Phi) is 4.98. The van der Waals surface area contributed by atoms with Gasteiger partial charge in [-0.05, 0) is 24.3 Å². The number of aromatic nitrogens is 2. The Morgan fingerprint density at radius 3 is 2.58 bits per heavy atom. The molecule has 0 aliphatic carbocycles. The van der Waals surface area contributed by atoms with Crippen molar-refractivity contribution in [3.63, 3.8) is 0 Å². The van der Waals surface area contributed by atoms with Crippen molar-refractivity contribution in [2.75, 3.05) is 11.9 Å². The van der Waals surface area contributed by atoms with Crippen LogP contribution in [-0.2, 0) is 0 Å². The molecule has 0 saturated carbocycles. The Morgan fingerprint density at radius 2 is 1.88 bits per heavy atom. The van der Waals surface area contributed by atoms with Crippen LogP contribution in [0, 0.1) is 0 Å². The van der Waals surface area contributed by atoms with Crippen LogP contribution < -0.4 is 10.1 Å². The van der Waals surface area contributed by atoms with E-state index in [0.717, 1.165) is 10.6 Å². The first-order valence-corrected chi connectivity index (χ1v) is 8.12. The molecule has 0 fully saturated rings. The van der Waals surface area contributed by atoms with Gasteiger partial charge in [0.1, 0.15) is 17.4 Å². The van der Waals surface area contributed by atoms with Gasteiger partial charge in [-0.1, -0.05) is 54.3 Å². The molecule has 0 saturated heterocycles. The van der Waals surface area contributed by atoms with Crippen LogP contribution in [0.25, 0.3) is 10.6 Å². The molecule has 0 spiro atoms. The van der Waals surface area contributed by atoms with Gasteiger partial charge in [0, 0.05) is 11.1 Å². The van der Waals surface area contributed by atoms with Crippen LogP contribution >= 0.6 is 11.3 Å². The van der Waals surface area contributed by atoms with Crippen molar-refractivity contribution in [2.45, 2.75) is 0 Å². The van der Waals surface area contributed by atoms with Gasteiger partial charge in [-0.15, -0.1) is 10.2 Å². The summed E-state index contributed by atoms with van der Waals surface area (Å²) in [4.78, 5) is 12.3. The first-order chi connectivity index (χ1) is 11.8. The van der Waals surface area contributed by atoms with E-state index in [1.54, 1.807) is 30.3 Å². The Labute approximate surface area is 143 Å². The second kappa shape index (κ2) is 7.52. The summed E-state index contributed by atoms with van der Waals surface area (Å²) in [6, 6.07) is 16.6. The van der Waals surface area contributed by atoms with E-state index in [1.807, 2.05) is 30.3 Å². The van der Waals surface area contributed by atoms with E-state index in [1.165, 1.54) is 11.3 Å². The molecule has 24 heavy (non-hydrogen) atoms. The standard InChI is InChI=1S/C18H15N3O2S/c1-2-12-23-15-10-8-13(9-11-15)16(22)19-18-21-20-17(24-18)14-6-4-3-5-7-14/h2-11H,1,12H2,(H,19,21,22). The fraction of sp³-hybridized carbons (Fsp3) is 0.0556. The van der Waals surface area contributed by atoms with Crippen molar-refractivity contribution in [1.29, 1.82) is 0 Å². The van der Waals surface area contributed by atoms with Crippen molar-refractivity contribution >= 4 is 22.4 Å². The lowest BCUT2D eigenvalue weighted by atomic mass is 10.2. The monoisotopic (exact) mass is 337 g/mol. The zero-order chi connectivity index (χ0) is 16.8. The first-order valence-electron chi connectivity index (χ1n) is 7.30. The fourth-order valence-corrected chi connectivity index (χ4v) is 2.74. The number of anilines is 1. The minimum Gasteiger partial charge on any atom is -0.490 e. The zero-order valence-corrected chi connectivity index (χ0v) is 13.6. The number of carbonyl (C=O) groups excluding carboxylic acids is 1. The van der Waals surface area contributed by atoms with E-state index in [-0.39, 0.29) is 5.91 Å². The topological polar surface area (TPSA) is 64.1 Å². The molecule has 1 N–H and O–H groups in total. The van der Waals surface area contributed by atoms with Gasteiger partial charge in [-0.3, -0.25) is 10.1 Å². The zero-order valence-electron chi connectivity index (χ0n) is 12.8. The molecule has 0 aliphatic rings. The molecule has 5 nitrogen and oxygen atoms in total. The number of ether oxygens (including phenoxy) is 1. The van der Waals surface area contributed by atoms with E-state index in [9.17, 15) is 4.79 Å². The number of hydrogen-bond donors (Lipinski definition) is 1. The predicted molar refractivity (Wildman–Crippen MR) is 95.4 cm³/mol. The number of hydrogen-bond acceptors (Lipinski definition) is 5. The molecule has 3 aromatic rings. The highest BCUT2D eigenvalue weighted by Gasteiger charge is 2.11. The lowest BCUT2D eigenvalue weighted by Gasteiger charge is -2.04. The number of nitrogens with one attached hydrogen (secondary N) is 1. The van der Waals surface area contributed by atoms with Gasteiger partial charge < -0.3 is 4.74 Å². The minimum atomic E-state index is -0.235. The average Bonchev–Trinajstić information content (AvgIpc) is 3.09. The molecule has 0 bridgehead atoms. The van der Waals surface area contributed by atoms with E-state index < -0.39 is 0 Å². The second-order valence-corrected chi connectivity index (χ2v) is 5.83.